The minimum Gasteiger partial charge on any atom is -0.497 e. The van der Waals surface area contributed by atoms with Gasteiger partial charge in [-0.2, -0.15) is 0 Å². The lowest BCUT2D eigenvalue weighted by Gasteiger charge is -2.36. The van der Waals surface area contributed by atoms with Crippen molar-refractivity contribution in [1.29, 1.82) is 0 Å². The monoisotopic (exact) mass is 395 g/mol. The Hall–Kier alpha value is -3.02. The summed E-state index contributed by atoms with van der Waals surface area (Å²) in [5, 5.41) is 2.90. The number of benzene rings is 2. The summed E-state index contributed by atoms with van der Waals surface area (Å²) in [5.41, 5.74) is 2.20. The normalized spacial score (nSPS) is 14.1. The molecule has 0 radical (unpaired) electrons. The summed E-state index contributed by atoms with van der Waals surface area (Å²) in [5.74, 6) is 1.04. The van der Waals surface area contributed by atoms with Crippen LogP contribution in [0.4, 0.5) is 5.69 Å². The number of nitrogens with zero attached hydrogens (tertiary/aromatic N) is 2. The number of methoxy groups -OCH3 is 1. The molecule has 1 aliphatic rings. The molecule has 2 aromatic rings. The molecule has 6 nitrogen and oxygen atoms in total. The lowest BCUT2D eigenvalue weighted by atomic mass is 10.1. The number of nitrogens with one attached hydrogen (secondary N) is 1. The zero-order chi connectivity index (χ0) is 20.8. The van der Waals surface area contributed by atoms with E-state index < -0.39 is 0 Å². The highest BCUT2D eigenvalue weighted by Gasteiger charge is 2.23. The summed E-state index contributed by atoms with van der Waals surface area (Å²) >= 11 is 0. The molecule has 29 heavy (non-hydrogen) atoms. The molecule has 1 N–H and O–H groups in total. The number of amides is 2. The number of hydrogen-bond donors (Lipinski definition) is 1. The fraction of sp³-hybridized carbons (Fsp3) is 0.391. The summed E-state index contributed by atoms with van der Waals surface area (Å²) in [7, 11) is 1.66. The van der Waals surface area contributed by atoms with Gasteiger partial charge in [0.1, 0.15) is 5.75 Å². The van der Waals surface area contributed by atoms with Gasteiger partial charge >= 0.3 is 0 Å². The highest BCUT2D eigenvalue weighted by Crippen LogP contribution is 2.21. The first kappa shape index (κ1) is 20.7. The van der Waals surface area contributed by atoms with E-state index in [-0.39, 0.29) is 11.8 Å². The van der Waals surface area contributed by atoms with Crippen LogP contribution in [0, 0.1) is 5.92 Å². The van der Waals surface area contributed by atoms with Crippen molar-refractivity contribution in [3.05, 3.63) is 59.7 Å². The van der Waals surface area contributed by atoms with Crippen LogP contribution in [-0.2, 0) is 0 Å². The summed E-state index contributed by atoms with van der Waals surface area (Å²) in [6.07, 6.45) is 0. The standard InChI is InChI=1S/C23H29N3O3/c1-17(2)16-24-22(27)18-5-4-6-19(15-18)23(28)26-13-11-25(12-14-26)20-7-9-21(29-3)10-8-20/h4-10,15,17H,11-14,16H2,1-3H3,(H,24,27). The van der Waals surface area contributed by atoms with Crippen molar-refractivity contribution in [2.75, 3.05) is 44.7 Å². The average Bonchev–Trinajstić information content (AvgIpc) is 2.77. The Labute approximate surface area is 172 Å². The van der Waals surface area contributed by atoms with Crippen LogP contribution in [0.1, 0.15) is 34.6 Å². The molecule has 0 unspecified atom stereocenters. The van der Waals surface area contributed by atoms with Crippen LogP contribution in [0.3, 0.4) is 0 Å². The molecule has 0 atom stereocenters. The quantitative estimate of drug-likeness (QED) is 0.817. The van der Waals surface area contributed by atoms with E-state index in [1.54, 1.807) is 31.4 Å². The topological polar surface area (TPSA) is 61.9 Å². The third-order valence-corrected chi connectivity index (χ3v) is 5.05. The van der Waals surface area contributed by atoms with Gasteiger partial charge in [-0.3, -0.25) is 9.59 Å². The lowest BCUT2D eigenvalue weighted by molar-refractivity contribution is 0.0747. The number of ether oxygens (including phenoxy) is 1. The number of piperazine rings is 1. The predicted octanol–water partition coefficient (Wildman–Crippen LogP) is 3.04. The molecule has 0 spiro atoms. The number of rotatable bonds is 6. The first-order chi connectivity index (χ1) is 14.0. The third kappa shape index (κ3) is 5.28. The van der Waals surface area contributed by atoms with Crippen LogP contribution < -0.4 is 15.0 Å². The molecule has 1 heterocycles. The van der Waals surface area contributed by atoms with E-state index in [9.17, 15) is 9.59 Å². The first-order valence-electron chi connectivity index (χ1n) is 10.0. The van der Waals surface area contributed by atoms with E-state index in [0.717, 1.165) is 24.5 Å². The molecule has 6 heteroatoms. The molecule has 0 aliphatic carbocycles. The Morgan fingerprint density at radius 3 is 2.28 bits per heavy atom. The Bertz CT molecular complexity index is 841. The molecule has 2 amide bonds. The maximum atomic E-state index is 12.9. The maximum Gasteiger partial charge on any atom is 0.253 e. The minimum atomic E-state index is -0.141. The van der Waals surface area contributed by atoms with E-state index in [0.29, 0.717) is 36.7 Å². The molecule has 0 bridgehead atoms. The highest BCUT2D eigenvalue weighted by atomic mass is 16.5. The van der Waals surface area contributed by atoms with Gasteiger partial charge in [0.15, 0.2) is 0 Å². The molecule has 1 saturated heterocycles. The van der Waals surface area contributed by atoms with Crippen molar-refractivity contribution in [3.63, 3.8) is 0 Å². The second-order valence-electron chi connectivity index (χ2n) is 7.66. The molecule has 1 fully saturated rings. The molecular weight excluding hydrogens is 366 g/mol. The van der Waals surface area contributed by atoms with Crippen molar-refractivity contribution < 1.29 is 14.3 Å². The van der Waals surface area contributed by atoms with Crippen LogP contribution in [0.25, 0.3) is 0 Å². The van der Waals surface area contributed by atoms with Crippen molar-refractivity contribution >= 4 is 17.5 Å². The summed E-state index contributed by atoms with van der Waals surface area (Å²) < 4.78 is 5.21. The largest absolute Gasteiger partial charge is 0.497 e. The molecule has 3 rings (SSSR count). The van der Waals surface area contributed by atoms with E-state index in [1.165, 1.54) is 0 Å². The van der Waals surface area contributed by atoms with Gasteiger partial charge in [0.2, 0.25) is 0 Å². The lowest BCUT2D eigenvalue weighted by Crippen LogP contribution is -2.48. The fourth-order valence-corrected chi connectivity index (χ4v) is 3.34. The van der Waals surface area contributed by atoms with Crippen molar-refractivity contribution in [3.8, 4) is 5.75 Å². The van der Waals surface area contributed by atoms with Crippen LogP contribution in [0.5, 0.6) is 5.75 Å². The molecule has 2 aromatic carbocycles. The Balaban J connectivity index is 1.60. The van der Waals surface area contributed by atoms with E-state index in [2.05, 4.69) is 10.2 Å². The van der Waals surface area contributed by atoms with Gasteiger partial charge < -0.3 is 19.9 Å². The van der Waals surface area contributed by atoms with Gasteiger partial charge in [0, 0.05) is 49.5 Å². The van der Waals surface area contributed by atoms with Gasteiger partial charge in [-0.1, -0.05) is 19.9 Å². The van der Waals surface area contributed by atoms with Gasteiger partial charge in [-0.25, -0.2) is 0 Å². The molecule has 154 valence electrons. The summed E-state index contributed by atoms with van der Waals surface area (Å²) in [6.45, 7) is 7.55. The predicted molar refractivity (Wildman–Crippen MR) is 115 cm³/mol. The number of carbonyl (C=O) groups excluding carboxylic acids is 2. The van der Waals surface area contributed by atoms with Crippen molar-refractivity contribution in [2.24, 2.45) is 5.92 Å². The smallest absolute Gasteiger partial charge is 0.253 e. The van der Waals surface area contributed by atoms with Crippen LogP contribution in [0.15, 0.2) is 48.5 Å². The first-order valence-corrected chi connectivity index (χ1v) is 10.0. The number of carbonyl (C=O) groups is 2. The maximum absolute atomic E-state index is 12.9. The van der Waals surface area contributed by atoms with E-state index >= 15 is 0 Å². The van der Waals surface area contributed by atoms with Crippen LogP contribution in [-0.4, -0.2) is 56.5 Å². The second-order valence-corrected chi connectivity index (χ2v) is 7.66. The van der Waals surface area contributed by atoms with Gasteiger partial charge in [0.05, 0.1) is 7.11 Å². The summed E-state index contributed by atoms with van der Waals surface area (Å²) in [4.78, 5) is 29.3. The van der Waals surface area contributed by atoms with Crippen LogP contribution >= 0.6 is 0 Å². The van der Waals surface area contributed by atoms with Crippen molar-refractivity contribution in [2.45, 2.75) is 13.8 Å². The molecule has 1 aliphatic heterocycles. The third-order valence-electron chi connectivity index (χ3n) is 5.05. The van der Waals surface area contributed by atoms with E-state index in [1.807, 2.05) is 43.0 Å². The molecule has 0 aromatic heterocycles. The highest BCUT2D eigenvalue weighted by molar-refractivity contribution is 5.99. The molecule has 0 saturated carbocycles. The Morgan fingerprint density at radius 2 is 1.66 bits per heavy atom. The van der Waals surface area contributed by atoms with Gasteiger partial charge in [0.25, 0.3) is 11.8 Å². The zero-order valence-electron chi connectivity index (χ0n) is 17.4. The Morgan fingerprint density at radius 1 is 1.00 bits per heavy atom. The zero-order valence-corrected chi connectivity index (χ0v) is 17.4. The van der Waals surface area contributed by atoms with Crippen LogP contribution in [0.2, 0.25) is 0 Å². The Kier molecular flexibility index (Phi) is 6.75. The SMILES string of the molecule is COc1ccc(N2CCN(C(=O)c3cccc(C(=O)NCC(C)C)c3)CC2)cc1. The fourth-order valence-electron chi connectivity index (χ4n) is 3.34. The average molecular weight is 396 g/mol. The van der Waals surface area contributed by atoms with E-state index in [4.69, 9.17) is 4.74 Å². The second kappa shape index (κ2) is 9.45. The molecular formula is C23H29N3O3. The van der Waals surface area contributed by atoms with Gasteiger partial charge in [-0.05, 0) is 48.4 Å². The minimum absolute atomic E-state index is 0.0297. The number of hydrogen-bond acceptors (Lipinski definition) is 4. The number of anilines is 1. The summed E-state index contributed by atoms with van der Waals surface area (Å²) in [6, 6.07) is 14.9. The van der Waals surface area contributed by atoms with Gasteiger partial charge in [-0.15, -0.1) is 0 Å². The van der Waals surface area contributed by atoms with Crippen molar-refractivity contribution in [1.82, 2.24) is 10.2 Å².